The molecule has 1 N–H and O–H groups in total. The number of nitrogens with zero attached hydrogens (tertiary/aromatic N) is 4. The lowest BCUT2D eigenvalue weighted by molar-refractivity contribution is -0.521. The Balaban J connectivity index is 1.91. The van der Waals surface area contributed by atoms with Gasteiger partial charge in [0.05, 0.1) is 11.1 Å². The van der Waals surface area contributed by atoms with E-state index in [2.05, 4.69) is 9.97 Å². The monoisotopic (exact) mass is 371 g/mol. The Kier molecular flexibility index (Phi) is 3.95. The maximum atomic E-state index is 13.0. The van der Waals surface area contributed by atoms with E-state index in [4.69, 9.17) is 11.6 Å². The number of carbonyl (C=O) groups excluding carboxylic acids is 1. The van der Waals surface area contributed by atoms with Gasteiger partial charge in [0.25, 0.3) is 11.3 Å². The van der Waals surface area contributed by atoms with Crippen LogP contribution in [-0.2, 0) is 6.54 Å². The molecule has 0 aromatic carbocycles. The molecule has 4 rings (SSSR count). The SMILES string of the molecule is O=C(c1ccncc1)c1c(O)[n+]2ccccc2n1Cc1cnc(Cl)s1. The van der Waals surface area contributed by atoms with Crippen molar-refractivity contribution in [3.63, 3.8) is 0 Å². The Morgan fingerprint density at radius 3 is 2.80 bits per heavy atom. The lowest BCUT2D eigenvalue weighted by Gasteiger charge is -2.01. The predicted molar refractivity (Wildman–Crippen MR) is 93.2 cm³/mol. The molecule has 0 atom stereocenters. The van der Waals surface area contributed by atoms with E-state index in [-0.39, 0.29) is 17.4 Å². The van der Waals surface area contributed by atoms with Crippen LogP contribution >= 0.6 is 22.9 Å². The van der Waals surface area contributed by atoms with Crippen molar-refractivity contribution in [1.29, 1.82) is 0 Å². The third-order valence-corrected chi connectivity index (χ3v) is 4.92. The molecule has 0 saturated heterocycles. The van der Waals surface area contributed by atoms with Crippen molar-refractivity contribution in [2.75, 3.05) is 0 Å². The first-order valence-electron chi connectivity index (χ1n) is 7.42. The molecule has 0 fully saturated rings. The van der Waals surface area contributed by atoms with Gasteiger partial charge in [-0.05, 0) is 18.2 Å². The minimum absolute atomic E-state index is 0.104. The van der Waals surface area contributed by atoms with Gasteiger partial charge in [0.1, 0.15) is 6.54 Å². The first kappa shape index (κ1) is 15.7. The highest BCUT2D eigenvalue weighted by molar-refractivity contribution is 7.15. The maximum absolute atomic E-state index is 13.0. The molecule has 0 spiro atoms. The number of halogens is 1. The molecule has 0 aliphatic carbocycles. The number of imidazole rings is 1. The van der Waals surface area contributed by atoms with E-state index in [0.29, 0.717) is 22.2 Å². The normalized spacial score (nSPS) is 11.1. The van der Waals surface area contributed by atoms with Crippen LogP contribution in [0, 0.1) is 0 Å². The second-order valence-corrected chi connectivity index (χ2v) is 7.03. The third-order valence-electron chi connectivity index (χ3n) is 3.82. The van der Waals surface area contributed by atoms with Gasteiger partial charge in [-0.1, -0.05) is 17.7 Å². The Hall–Kier alpha value is -2.77. The summed E-state index contributed by atoms with van der Waals surface area (Å²) in [5.41, 5.74) is 1.36. The van der Waals surface area contributed by atoms with Crippen LogP contribution in [0.4, 0.5) is 0 Å². The molecule has 0 radical (unpaired) electrons. The fourth-order valence-electron chi connectivity index (χ4n) is 2.72. The van der Waals surface area contributed by atoms with Gasteiger partial charge in [0.15, 0.2) is 4.47 Å². The van der Waals surface area contributed by atoms with E-state index in [1.165, 1.54) is 11.3 Å². The maximum Gasteiger partial charge on any atom is 0.339 e. The number of hydrogen-bond donors (Lipinski definition) is 1. The minimum atomic E-state index is -0.279. The highest BCUT2D eigenvalue weighted by Crippen LogP contribution is 2.25. The van der Waals surface area contributed by atoms with E-state index < -0.39 is 0 Å². The average molecular weight is 372 g/mol. The first-order valence-corrected chi connectivity index (χ1v) is 8.61. The molecule has 25 heavy (non-hydrogen) atoms. The van der Waals surface area contributed by atoms with E-state index in [1.54, 1.807) is 52.0 Å². The van der Waals surface area contributed by atoms with Crippen LogP contribution in [0.5, 0.6) is 5.88 Å². The molecule has 4 heterocycles. The molecule has 6 nitrogen and oxygen atoms in total. The van der Waals surface area contributed by atoms with Gasteiger partial charge in [-0.2, -0.15) is 4.40 Å². The van der Waals surface area contributed by atoms with Crippen molar-refractivity contribution in [2.45, 2.75) is 6.54 Å². The second-order valence-electron chi connectivity index (χ2n) is 5.33. The highest BCUT2D eigenvalue weighted by Gasteiger charge is 2.31. The molecule has 4 aromatic rings. The van der Waals surface area contributed by atoms with Crippen molar-refractivity contribution in [3.05, 3.63) is 75.7 Å². The molecule has 0 unspecified atom stereocenters. The van der Waals surface area contributed by atoms with Crippen LogP contribution in [-0.4, -0.2) is 25.4 Å². The molecule has 0 aliphatic rings. The van der Waals surface area contributed by atoms with E-state index in [9.17, 15) is 9.90 Å². The minimum Gasteiger partial charge on any atom is -0.474 e. The van der Waals surface area contributed by atoms with Gasteiger partial charge in [-0.3, -0.25) is 9.78 Å². The quantitative estimate of drug-likeness (QED) is 0.442. The fraction of sp³-hybridized carbons (Fsp3) is 0.0588. The number of aromatic nitrogens is 4. The molecule has 4 aromatic heterocycles. The van der Waals surface area contributed by atoms with E-state index in [0.717, 1.165) is 4.88 Å². The van der Waals surface area contributed by atoms with Gasteiger partial charge in [-0.15, -0.1) is 11.3 Å². The van der Waals surface area contributed by atoms with Crippen LogP contribution < -0.4 is 4.40 Å². The van der Waals surface area contributed by atoms with Crippen molar-refractivity contribution in [2.24, 2.45) is 0 Å². The van der Waals surface area contributed by atoms with Crippen LogP contribution in [0.15, 0.2) is 55.1 Å². The lowest BCUT2D eigenvalue weighted by Crippen LogP contribution is -2.19. The molecule has 124 valence electrons. The summed E-state index contributed by atoms with van der Waals surface area (Å²) >= 11 is 7.26. The van der Waals surface area contributed by atoms with E-state index in [1.807, 2.05) is 12.1 Å². The van der Waals surface area contributed by atoms with Crippen molar-refractivity contribution in [3.8, 4) is 5.88 Å². The lowest BCUT2D eigenvalue weighted by atomic mass is 10.1. The standard InChI is InChI=1S/C17H11ClN4O2S/c18-17-20-9-12(25-17)10-22-13-3-1-2-8-21(13)16(24)14(22)15(23)11-4-6-19-7-5-11/h1-9H,10H2/p+1. The second kappa shape index (κ2) is 6.27. The summed E-state index contributed by atoms with van der Waals surface area (Å²) in [6.45, 7) is 0.380. The summed E-state index contributed by atoms with van der Waals surface area (Å²) in [6, 6.07) is 8.73. The molecular weight excluding hydrogens is 360 g/mol. The number of aromatic hydroxyl groups is 1. The van der Waals surface area contributed by atoms with Gasteiger partial charge in [0, 0.05) is 30.2 Å². The van der Waals surface area contributed by atoms with Gasteiger partial charge in [-0.25, -0.2) is 9.55 Å². The Morgan fingerprint density at radius 1 is 1.28 bits per heavy atom. The summed E-state index contributed by atoms with van der Waals surface area (Å²) in [4.78, 5) is 21.8. The Labute approximate surface area is 151 Å². The van der Waals surface area contributed by atoms with Crippen LogP contribution in [0.3, 0.4) is 0 Å². The zero-order chi connectivity index (χ0) is 17.4. The van der Waals surface area contributed by atoms with Crippen LogP contribution in [0.1, 0.15) is 20.9 Å². The fourth-order valence-corrected chi connectivity index (χ4v) is 3.69. The molecular formula is C17H12ClN4O2S+. The topological polar surface area (TPSA) is 72.1 Å². The summed E-state index contributed by atoms with van der Waals surface area (Å²) in [5.74, 6) is -0.382. The van der Waals surface area contributed by atoms with Gasteiger partial charge < -0.3 is 5.11 Å². The zero-order valence-electron chi connectivity index (χ0n) is 12.8. The van der Waals surface area contributed by atoms with E-state index >= 15 is 0 Å². The molecule has 0 aliphatic heterocycles. The summed E-state index contributed by atoms with van der Waals surface area (Å²) in [7, 11) is 0. The number of fused-ring (bicyclic) bond motifs is 1. The first-order chi connectivity index (χ1) is 12.1. The van der Waals surface area contributed by atoms with Crippen molar-refractivity contribution in [1.82, 2.24) is 14.5 Å². The zero-order valence-corrected chi connectivity index (χ0v) is 14.4. The van der Waals surface area contributed by atoms with Crippen LogP contribution in [0.2, 0.25) is 4.47 Å². The Bertz CT molecular complexity index is 1070. The van der Waals surface area contributed by atoms with Gasteiger partial charge >= 0.3 is 5.88 Å². The smallest absolute Gasteiger partial charge is 0.339 e. The number of hydrogen-bond acceptors (Lipinski definition) is 5. The van der Waals surface area contributed by atoms with Gasteiger partial charge in [0.2, 0.25) is 5.78 Å². The number of carbonyl (C=O) groups is 1. The number of rotatable bonds is 4. The number of thiazole rings is 1. The van der Waals surface area contributed by atoms with Crippen molar-refractivity contribution < 1.29 is 14.3 Å². The Morgan fingerprint density at radius 2 is 2.08 bits per heavy atom. The molecule has 8 heteroatoms. The predicted octanol–water partition coefficient (Wildman–Crippen LogP) is 2.72. The van der Waals surface area contributed by atoms with Crippen LogP contribution in [0.25, 0.3) is 5.65 Å². The summed E-state index contributed by atoms with van der Waals surface area (Å²) < 4.78 is 3.78. The summed E-state index contributed by atoms with van der Waals surface area (Å²) in [6.07, 6.45) is 6.48. The van der Waals surface area contributed by atoms with Crippen molar-refractivity contribution >= 4 is 34.4 Å². The molecule has 0 bridgehead atoms. The highest BCUT2D eigenvalue weighted by atomic mass is 35.5. The molecule has 0 saturated carbocycles. The molecule has 0 amide bonds. The third kappa shape index (κ3) is 2.77. The largest absolute Gasteiger partial charge is 0.474 e. The summed E-state index contributed by atoms with van der Waals surface area (Å²) in [5, 5.41) is 10.7. The number of ketones is 1. The average Bonchev–Trinajstić information content (AvgIpc) is 3.17. The number of pyridine rings is 2.